The molecule has 0 radical (unpaired) electrons. The van der Waals surface area contributed by atoms with Crippen LogP contribution in [0.4, 0.5) is 0 Å². The summed E-state index contributed by atoms with van der Waals surface area (Å²) in [6.07, 6.45) is 4.58. The third-order valence-electron chi connectivity index (χ3n) is 3.09. The van der Waals surface area contributed by atoms with Gasteiger partial charge in [0.25, 0.3) is 0 Å². The van der Waals surface area contributed by atoms with Crippen LogP contribution in [0.2, 0.25) is 0 Å². The summed E-state index contributed by atoms with van der Waals surface area (Å²) >= 11 is 0. The fourth-order valence-electron chi connectivity index (χ4n) is 0.846. The van der Waals surface area contributed by atoms with Crippen LogP contribution in [0.1, 0.15) is 60.8 Å². The molecule has 50 heavy (non-hydrogen) atoms. The molecule has 0 heterocycles. The van der Waals surface area contributed by atoms with Crippen molar-refractivity contribution in [2.24, 2.45) is 0 Å². The smallest absolute Gasteiger partial charge is 0.334 e. The van der Waals surface area contributed by atoms with Gasteiger partial charge in [-0.3, -0.25) is 0 Å². The van der Waals surface area contributed by atoms with Crippen molar-refractivity contribution in [3.8, 4) is 12.1 Å². The van der Waals surface area contributed by atoms with Crippen molar-refractivity contribution in [3.05, 3.63) is 63.3 Å². The normalized spacial score (nSPS) is 9.42. The Kier molecular flexibility index (Phi) is 70.4. The molecule has 0 spiro atoms. The molecular weight excluding hydrogens is 664 g/mol. The van der Waals surface area contributed by atoms with E-state index in [9.17, 15) is 28.8 Å². The van der Waals surface area contributed by atoms with Gasteiger partial charge in [0.1, 0.15) is 18.3 Å². The highest BCUT2D eigenvalue weighted by molar-refractivity contribution is 5.81. The molecule has 0 aromatic heterocycles. The topological polar surface area (TPSA) is 299 Å². The maximum absolute atomic E-state index is 10.4. The van der Waals surface area contributed by atoms with Crippen LogP contribution in [0.5, 0.6) is 0 Å². The van der Waals surface area contributed by atoms with E-state index in [4.69, 9.17) is 41.2 Å². The van der Waals surface area contributed by atoms with Gasteiger partial charge in [0, 0.05) is 30.4 Å². The standard InChI is InChI=1S/C6H12O3.2C6H10O2.2C3H3N.2C3H6O3.C3H4O2/c1-3-4-9-6(8)5(2)7;2*1-3-5-8-6(7)4-2;2*1-2-3-4;2*1-2(4)3(5)6;1-2-3(4)5/h5,7H,3-4H2,1-2H3;2*4H,2-3,5H2,1H3;2*2H,1H2;2*2,4H,1H3,(H,5,6);2H,1H2,(H,4,5)/t5-;;;;;2*2-;/m1....11./s1. The largest absolute Gasteiger partial charge is 0.479 e. The van der Waals surface area contributed by atoms with Crippen LogP contribution < -0.4 is 0 Å². The first kappa shape index (κ1) is 63.1. The quantitative estimate of drug-likeness (QED) is 0.0730. The Bertz CT molecular complexity index is 963. The molecule has 286 valence electrons. The lowest BCUT2D eigenvalue weighted by Crippen LogP contribution is -2.19. The number of carbonyl (C=O) groups excluding carboxylic acids is 3. The van der Waals surface area contributed by atoms with Crippen molar-refractivity contribution < 1.29 is 73.6 Å². The van der Waals surface area contributed by atoms with Crippen molar-refractivity contribution in [2.75, 3.05) is 19.8 Å². The number of carbonyl (C=O) groups is 6. The number of aliphatic hydroxyl groups is 3. The number of hydrogen-bond donors (Lipinski definition) is 6. The number of allylic oxidation sites excluding steroid dienone is 2. The Labute approximate surface area is 294 Å². The first-order valence-corrected chi connectivity index (χ1v) is 14.3. The zero-order chi connectivity index (χ0) is 41.5. The SMILES string of the molecule is C=CC#N.C=CC#N.C=CC(=O)O.C=CC(=O)OCCC.C=CC(=O)OCCC.CCCOC(=O)[C@@H](C)O.C[C@@H](O)C(=O)O.C[C@@H](O)C(=O)O. The van der Waals surface area contributed by atoms with Gasteiger partial charge < -0.3 is 44.8 Å². The average Bonchev–Trinajstić information content (AvgIpc) is 3.09. The Balaban J connectivity index is -0.0000000683. The minimum atomic E-state index is -1.23. The molecular formula is C33H54N2O15. The summed E-state index contributed by atoms with van der Waals surface area (Å²) in [5.41, 5.74) is 0. The van der Waals surface area contributed by atoms with Crippen LogP contribution in [-0.2, 0) is 43.0 Å². The van der Waals surface area contributed by atoms with Gasteiger partial charge in [0.05, 0.1) is 32.0 Å². The molecule has 0 bridgehead atoms. The number of hydrogen-bond acceptors (Lipinski definition) is 14. The lowest BCUT2D eigenvalue weighted by atomic mass is 10.4. The number of esters is 3. The molecule has 0 rings (SSSR count). The maximum atomic E-state index is 10.4. The minimum Gasteiger partial charge on any atom is -0.479 e. The average molecular weight is 719 g/mol. The minimum absolute atomic E-state index is 0.341. The second-order valence-electron chi connectivity index (χ2n) is 7.82. The first-order chi connectivity index (χ1) is 23.2. The van der Waals surface area contributed by atoms with Gasteiger partial charge >= 0.3 is 35.8 Å². The highest BCUT2D eigenvalue weighted by Crippen LogP contribution is 1.87. The predicted molar refractivity (Wildman–Crippen MR) is 184 cm³/mol. The lowest BCUT2D eigenvalue weighted by Gasteiger charge is -2.03. The van der Waals surface area contributed by atoms with Gasteiger partial charge in [-0.05, 0) is 40.0 Å². The molecule has 17 nitrogen and oxygen atoms in total. The lowest BCUT2D eigenvalue weighted by molar-refractivity contribution is -0.152. The molecule has 0 saturated carbocycles. The van der Waals surface area contributed by atoms with E-state index in [1.807, 2.05) is 20.8 Å². The van der Waals surface area contributed by atoms with Crippen molar-refractivity contribution >= 4 is 35.8 Å². The van der Waals surface area contributed by atoms with E-state index < -0.39 is 42.2 Å². The summed E-state index contributed by atoms with van der Waals surface area (Å²) < 4.78 is 13.7. The molecule has 0 aliphatic carbocycles. The first-order valence-electron chi connectivity index (χ1n) is 14.3. The Morgan fingerprint density at radius 1 is 0.580 bits per heavy atom. The van der Waals surface area contributed by atoms with Crippen LogP contribution >= 0.6 is 0 Å². The molecule has 0 aromatic rings. The van der Waals surface area contributed by atoms with E-state index >= 15 is 0 Å². The van der Waals surface area contributed by atoms with Crippen molar-refractivity contribution in [2.45, 2.75) is 79.1 Å². The predicted octanol–water partition coefficient (Wildman–Crippen LogP) is 3.12. The van der Waals surface area contributed by atoms with E-state index in [0.29, 0.717) is 19.8 Å². The number of carboxylic acids is 3. The highest BCUT2D eigenvalue weighted by atomic mass is 16.5. The van der Waals surface area contributed by atoms with Crippen molar-refractivity contribution in [3.63, 3.8) is 0 Å². The molecule has 0 amide bonds. The molecule has 0 fully saturated rings. The van der Waals surface area contributed by atoms with Crippen LogP contribution in [0.3, 0.4) is 0 Å². The third-order valence-corrected chi connectivity index (χ3v) is 3.09. The molecule has 6 N–H and O–H groups in total. The van der Waals surface area contributed by atoms with E-state index in [1.54, 1.807) is 12.1 Å². The van der Waals surface area contributed by atoms with Crippen LogP contribution in [-0.4, -0.2) is 105 Å². The molecule has 0 aromatic carbocycles. The summed E-state index contributed by atoms with van der Waals surface area (Å²) in [5.74, 6) is -4.58. The van der Waals surface area contributed by atoms with Crippen LogP contribution in [0.15, 0.2) is 63.3 Å². The van der Waals surface area contributed by atoms with Gasteiger partial charge in [-0.1, -0.05) is 53.7 Å². The summed E-state index contributed by atoms with van der Waals surface area (Å²) in [6, 6.07) is 3.39. The summed E-state index contributed by atoms with van der Waals surface area (Å²) in [5, 5.41) is 62.7. The fourth-order valence-corrected chi connectivity index (χ4v) is 0.846. The van der Waals surface area contributed by atoms with E-state index in [-0.39, 0.29) is 11.9 Å². The van der Waals surface area contributed by atoms with Crippen LogP contribution in [0, 0.1) is 22.7 Å². The van der Waals surface area contributed by atoms with Gasteiger partial charge in [0.2, 0.25) is 0 Å². The van der Waals surface area contributed by atoms with Gasteiger partial charge in [-0.2, -0.15) is 10.5 Å². The summed E-state index contributed by atoms with van der Waals surface area (Å²) in [4.78, 5) is 59.0. The second kappa shape index (κ2) is 55.8. The number of nitriles is 2. The molecule has 0 unspecified atom stereocenters. The van der Waals surface area contributed by atoms with Gasteiger partial charge in [0.15, 0.2) is 0 Å². The van der Waals surface area contributed by atoms with Gasteiger partial charge in [-0.25, -0.2) is 28.8 Å². The molecule has 0 aliphatic rings. The molecule has 17 heteroatoms. The molecule has 3 atom stereocenters. The monoisotopic (exact) mass is 718 g/mol. The van der Waals surface area contributed by atoms with E-state index in [0.717, 1.165) is 37.5 Å². The Morgan fingerprint density at radius 2 is 0.800 bits per heavy atom. The highest BCUT2D eigenvalue weighted by Gasteiger charge is 2.08. The number of aliphatic carboxylic acids is 3. The van der Waals surface area contributed by atoms with E-state index in [1.165, 1.54) is 32.9 Å². The van der Waals surface area contributed by atoms with E-state index in [2.05, 4.69) is 47.1 Å². The molecule has 0 saturated heterocycles. The van der Waals surface area contributed by atoms with Crippen LogP contribution in [0.25, 0.3) is 0 Å². The number of nitrogens with zero attached hydrogens (tertiary/aromatic N) is 2. The van der Waals surface area contributed by atoms with Crippen molar-refractivity contribution in [1.82, 2.24) is 0 Å². The Hall–Kier alpha value is -5.62. The third kappa shape index (κ3) is 104. The zero-order valence-corrected chi connectivity index (χ0v) is 29.6. The fraction of sp³-hybridized carbons (Fsp3) is 0.455. The zero-order valence-electron chi connectivity index (χ0n) is 29.6. The summed E-state index contributed by atoms with van der Waals surface area (Å²) in [7, 11) is 0. The second-order valence-corrected chi connectivity index (χ2v) is 7.82. The number of ether oxygens (including phenoxy) is 3. The Morgan fingerprint density at radius 3 is 0.920 bits per heavy atom. The maximum Gasteiger partial charge on any atom is 0.334 e. The summed E-state index contributed by atoms with van der Waals surface area (Å²) in [6.45, 7) is 26.6. The number of rotatable bonds is 12. The van der Waals surface area contributed by atoms with Gasteiger partial charge in [-0.15, -0.1) is 0 Å². The number of carboxylic acid groups (broad SMARTS) is 3. The van der Waals surface area contributed by atoms with Crippen molar-refractivity contribution in [1.29, 1.82) is 10.5 Å². The molecule has 0 aliphatic heterocycles. The number of aliphatic hydroxyl groups excluding tert-OH is 3.